The molecule has 1 fully saturated rings. The molecule has 2 amide bonds. The molecule has 1 aromatic carbocycles. The number of halogens is 2. The predicted octanol–water partition coefficient (Wildman–Crippen LogP) is 1.40. The number of benzene rings is 1. The molecule has 1 aliphatic heterocycles. The number of hydrogen-bond acceptors (Lipinski definition) is 3. The van der Waals surface area contributed by atoms with Gasteiger partial charge in [-0.3, -0.25) is 9.59 Å². The van der Waals surface area contributed by atoms with Gasteiger partial charge in [0.25, 0.3) is 0 Å². The van der Waals surface area contributed by atoms with Crippen LogP contribution in [0, 0.1) is 5.82 Å². The van der Waals surface area contributed by atoms with Gasteiger partial charge in [-0.05, 0) is 31.0 Å². The highest BCUT2D eigenvalue weighted by molar-refractivity contribution is 6.39. The molecule has 0 aromatic heterocycles. The fraction of sp³-hybridized carbons (Fsp3) is 0.385. The van der Waals surface area contributed by atoms with Crippen molar-refractivity contribution in [3.63, 3.8) is 0 Å². The van der Waals surface area contributed by atoms with Crippen molar-refractivity contribution >= 4 is 29.1 Å². The smallest absolute Gasteiger partial charge is 0.313 e. The minimum atomic E-state index is -0.832. The van der Waals surface area contributed by atoms with E-state index in [1.54, 1.807) is 0 Å². The van der Waals surface area contributed by atoms with Gasteiger partial charge in [-0.25, -0.2) is 4.39 Å². The fourth-order valence-electron chi connectivity index (χ4n) is 2.04. The van der Waals surface area contributed by atoms with Crippen LogP contribution in [0.5, 0.6) is 0 Å². The van der Waals surface area contributed by atoms with Gasteiger partial charge in [-0.1, -0.05) is 11.6 Å². The maximum absolute atomic E-state index is 13.0. The molecular weight excluding hydrogens is 287 g/mol. The number of likely N-dealkylation sites (tertiary alicyclic amines) is 1. The highest BCUT2D eigenvalue weighted by Gasteiger charge is 2.26. The van der Waals surface area contributed by atoms with E-state index in [4.69, 9.17) is 11.6 Å². The van der Waals surface area contributed by atoms with E-state index >= 15 is 0 Å². The second-order valence-corrected chi connectivity index (χ2v) is 5.04. The number of rotatable bonds is 1. The van der Waals surface area contributed by atoms with Crippen molar-refractivity contribution in [2.24, 2.45) is 0 Å². The van der Waals surface area contributed by atoms with Crippen LogP contribution in [0.2, 0.25) is 5.02 Å². The van der Waals surface area contributed by atoms with Crippen LogP contribution in [0.25, 0.3) is 0 Å². The maximum atomic E-state index is 13.0. The topological polar surface area (TPSA) is 69.6 Å². The van der Waals surface area contributed by atoms with Gasteiger partial charge in [-0.15, -0.1) is 0 Å². The zero-order chi connectivity index (χ0) is 14.7. The molecule has 1 unspecified atom stereocenters. The molecule has 0 saturated carbocycles. The molecule has 2 N–H and O–H groups in total. The zero-order valence-electron chi connectivity index (χ0n) is 10.6. The standard InChI is InChI=1S/C13H14ClFN2O3/c14-10-6-8(3-4-11(10)15)16-12(19)13(20)17-5-1-2-9(18)7-17/h3-4,6,9,18H,1-2,5,7H2,(H,16,19). The Balaban J connectivity index is 2.00. The summed E-state index contributed by atoms with van der Waals surface area (Å²) in [7, 11) is 0. The number of nitrogens with zero attached hydrogens (tertiary/aromatic N) is 1. The Labute approximate surface area is 120 Å². The number of piperidine rings is 1. The van der Waals surface area contributed by atoms with E-state index in [0.717, 1.165) is 6.07 Å². The first-order valence-electron chi connectivity index (χ1n) is 6.21. The highest BCUT2D eigenvalue weighted by atomic mass is 35.5. The van der Waals surface area contributed by atoms with Gasteiger partial charge in [0.15, 0.2) is 0 Å². The van der Waals surface area contributed by atoms with Gasteiger partial charge in [0.05, 0.1) is 11.1 Å². The summed E-state index contributed by atoms with van der Waals surface area (Å²) >= 11 is 5.59. The van der Waals surface area contributed by atoms with Crippen LogP contribution in [-0.2, 0) is 9.59 Å². The number of nitrogens with one attached hydrogen (secondary N) is 1. The maximum Gasteiger partial charge on any atom is 0.313 e. The molecule has 1 aliphatic rings. The van der Waals surface area contributed by atoms with Crippen LogP contribution >= 0.6 is 11.6 Å². The molecule has 1 atom stereocenters. The summed E-state index contributed by atoms with van der Waals surface area (Å²) in [6.07, 6.45) is 0.683. The first-order valence-corrected chi connectivity index (χ1v) is 6.58. The number of aliphatic hydroxyl groups excluding tert-OH is 1. The van der Waals surface area contributed by atoms with E-state index in [1.165, 1.54) is 17.0 Å². The van der Waals surface area contributed by atoms with Crippen LogP contribution in [0.1, 0.15) is 12.8 Å². The van der Waals surface area contributed by atoms with Crippen molar-refractivity contribution in [3.8, 4) is 0 Å². The molecular formula is C13H14ClFN2O3. The average molecular weight is 301 g/mol. The molecule has 5 nitrogen and oxygen atoms in total. The fourth-order valence-corrected chi connectivity index (χ4v) is 2.22. The molecule has 1 saturated heterocycles. The summed E-state index contributed by atoms with van der Waals surface area (Å²) in [4.78, 5) is 25.0. The van der Waals surface area contributed by atoms with E-state index < -0.39 is 23.7 Å². The lowest BCUT2D eigenvalue weighted by atomic mass is 10.1. The van der Waals surface area contributed by atoms with Crippen LogP contribution in [0.4, 0.5) is 10.1 Å². The molecule has 1 heterocycles. The quantitative estimate of drug-likeness (QED) is 0.770. The van der Waals surface area contributed by atoms with E-state index in [2.05, 4.69) is 5.32 Å². The summed E-state index contributed by atoms with van der Waals surface area (Å²) in [6.45, 7) is 0.587. The molecule has 20 heavy (non-hydrogen) atoms. The first kappa shape index (κ1) is 14.7. The molecule has 7 heteroatoms. The third kappa shape index (κ3) is 3.46. The lowest BCUT2D eigenvalue weighted by Gasteiger charge is -2.29. The third-order valence-corrected chi connectivity index (χ3v) is 3.35. The number of hydrogen-bond donors (Lipinski definition) is 2. The lowest BCUT2D eigenvalue weighted by Crippen LogP contribution is -2.46. The van der Waals surface area contributed by atoms with Gasteiger partial charge in [0.2, 0.25) is 0 Å². The number of anilines is 1. The highest BCUT2D eigenvalue weighted by Crippen LogP contribution is 2.19. The number of carbonyl (C=O) groups excluding carboxylic acids is 2. The summed E-state index contributed by atoms with van der Waals surface area (Å²) < 4.78 is 13.0. The second kappa shape index (κ2) is 6.19. The number of carbonyl (C=O) groups is 2. The monoisotopic (exact) mass is 300 g/mol. The van der Waals surface area contributed by atoms with Crippen molar-refractivity contribution in [2.75, 3.05) is 18.4 Å². The Kier molecular flexibility index (Phi) is 4.57. The van der Waals surface area contributed by atoms with Crippen molar-refractivity contribution in [1.82, 2.24) is 4.90 Å². The Morgan fingerprint density at radius 3 is 2.85 bits per heavy atom. The van der Waals surface area contributed by atoms with Crippen LogP contribution in [0.15, 0.2) is 18.2 Å². The Bertz CT molecular complexity index is 538. The van der Waals surface area contributed by atoms with Crippen LogP contribution in [-0.4, -0.2) is 41.0 Å². The van der Waals surface area contributed by atoms with Gasteiger partial charge in [0.1, 0.15) is 5.82 Å². The lowest BCUT2D eigenvalue weighted by molar-refractivity contribution is -0.145. The van der Waals surface area contributed by atoms with Gasteiger partial charge < -0.3 is 15.3 Å². The van der Waals surface area contributed by atoms with Crippen molar-refractivity contribution in [3.05, 3.63) is 29.0 Å². The molecule has 1 aromatic rings. The summed E-state index contributed by atoms with van der Waals surface area (Å²) in [6, 6.07) is 3.65. The Morgan fingerprint density at radius 2 is 2.20 bits per heavy atom. The Morgan fingerprint density at radius 1 is 1.45 bits per heavy atom. The largest absolute Gasteiger partial charge is 0.391 e. The van der Waals surface area contributed by atoms with E-state index in [1.807, 2.05) is 0 Å². The second-order valence-electron chi connectivity index (χ2n) is 4.63. The Hall–Kier alpha value is -1.66. The van der Waals surface area contributed by atoms with Gasteiger partial charge in [0, 0.05) is 18.8 Å². The van der Waals surface area contributed by atoms with Crippen molar-refractivity contribution < 1.29 is 19.1 Å². The minimum Gasteiger partial charge on any atom is -0.391 e. The normalized spacial score (nSPS) is 18.8. The van der Waals surface area contributed by atoms with E-state index in [9.17, 15) is 19.1 Å². The number of β-amino-alcohol motifs (C(OH)–C–C–N with tert-alkyl or cyclic N) is 1. The summed E-state index contributed by atoms with van der Waals surface area (Å²) in [5.41, 5.74) is 0.243. The third-order valence-electron chi connectivity index (χ3n) is 3.06. The summed E-state index contributed by atoms with van der Waals surface area (Å²) in [5.74, 6) is -2.15. The van der Waals surface area contributed by atoms with E-state index in [0.29, 0.717) is 19.4 Å². The van der Waals surface area contributed by atoms with Crippen LogP contribution in [0.3, 0.4) is 0 Å². The molecule has 2 rings (SSSR count). The number of amides is 2. The zero-order valence-corrected chi connectivity index (χ0v) is 11.4. The average Bonchev–Trinajstić information content (AvgIpc) is 2.42. The molecule has 0 aliphatic carbocycles. The van der Waals surface area contributed by atoms with Gasteiger partial charge >= 0.3 is 11.8 Å². The number of aliphatic hydroxyl groups is 1. The summed E-state index contributed by atoms with van der Waals surface area (Å²) in [5, 5.41) is 11.7. The molecule has 108 valence electrons. The van der Waals surface area contributed by atoms with Gasteiger partial charge in [-0.2, -0.15) is 0 Å². The first-order chi connectivity index (χ1) is 9.47. The van der Waals surface area contributed by atoms with Crippen molar-refractivity contribution in [1.29, 1.82) is 0 Å². The minimum absolute atomic E-state index is 0.136. The van der Waals surface area contributed by atoms with E-state index in [-0.39, 0.29) is 17.3 Å². The molecule has 0 spiro atoms. The SMILES string of the molecule is O=C(Nc1ccc(F)c(Cl)c1)C(=O)N1CCCC(O)C1. The molecule has 0 radical (unpaired) electrons. The van der Waals surface area contributed by atoms with Crippen molar-refractivity contribution in [2.45, 2.75) is 18.9 Å². The predicted molar refractivity (Wildman–Crippen MR) is 71.9 cm³/mol. The molecule has 0 bridgehead atoms. The van der Waals surface area contributed by atoms with Crippen LogP contribution < -0.4 is 5.32 Å².